The summed E-state index contributed by atoms with van der Waals surface area (Å²) in [7, 11) is 2.07. The number of unbranched alkanes of at least 4 members (excludes halogenated alkanes) is 5. The second-order valence-corrected chi connectivity index (χ2v) is 3.79. The Balaban J connectivity index is 2.97. The van der Waals surface area contributed by atoms with Gasteiger partial charge in [-0.2, -0.15) is 0 Å². The predicted octanol–water partition coefficient (Wildman–Crippen LogP) is 2.27. The number of hydrogen-bond acceptors (Lipinski definition) is 2. The van der Waals surface area contributed by atoms with Gasteiger partial charge in [0, 0.05) is 6.54 Å². The van der Waals surface area contributed by atoms with Crippen molar-refractivity contribution in [2.45, 2.75) is 45.4 Å². The van der Waals surface area contributed by atoms with Crippen molar-refractivity contribution in [2.75, 3.05) is 26.7 Å². The zero-order valence-corrected chi connectivity index (χ0v) is 9.26. The minimum atomic E-state index is 0.284. The summed E-state index contributed by atoms with van der Waals surface area (Å²) in [4.78, 5) is 2.19. The fraction of sp³-hybridized carbons (Fsp3) is 1.00. The number of likely N-dealkylation sites (N-methyl/N-ethyl adjacent to an activating group) is 1. The molecule has 0 unspecified atom stereocenters. The molecule has 80 valence electrons. The van der Waals surface area contributed by atoms with Gasteiger partial charge in [-0.3, -0.25) is 0 Å². The van der Waals surface area contributed by atoms with E-state index < -0.39 is 0 Å². The van der Waals surface area contributed by atoms with Crippen LogP contribution in [-0.4, -0.2) is 36.8 Å². The first kappa shape index (κ1) is 12.9. The third kappa shape index (κ3) is 9.84. The zero-order chi connectivity index (χ0) is 9.94. The molecule has 2 nitrogen and oxygen atoms in total. The van der Waals surface area contributed by atoms with Crippen molar-refractivity contribution in [3.63, 3.8) is 0 Å². The molecule has 0 aliphatic rings. The predicted molar refractivity (Wildman–Crippen MR) is 58.0 cm³/mol. The van der Waals surface area contributed by atoms with Crippen molar-refractivity contribution in [1.82, 2.24) is 4.90 Å². The van der Waals surface area contributed by atoms with E-state index in [1.807, 2.05) is 0 Å². The minimum Gasteiger partial charge on any atom is -0.395 e. The lowest BCUT2D eigenvalue weighted by molar-refractivity contribution is 0.219. The normalized spacial score (nSPS) is 11.1. The van der Waals surface area contributed by atoms with E-state index in [2.05, 4.69) is 18.9 Å². The monoisotopic (exact) mass is 187 g/mol. The molecule has 0 aromatic rings. The van der Waals surface area contributed by atoms with Crippen LogP contribution in [0.1, 0.15) is 45.4 Å². The van der Waals surface area contributed by atoms with Crippen LogP contribution in [0.25, 0.3) is 0 Å². The first-order valence-electron chi connectivity index (χ1n) is 5.60. The van der Waals surface area contributed by atoms with Crippen molar-refractivity contribution < 1.29 is 5.11 Å². The van der Waals surface area contributed by atoms with Crippen molar-refractivity contribution in [3.05, 3.63) is 0 Å². The second-order valence-electron chi connectivity index (χ2n) is 3.79. The van der Waals surface area contributed by atoms with E-state index in [-0.39, 0.29) is 6.61 Å². The Morgan fingerprint density at radius 3 is 2.15 bits per heavy atom. The van der Waals surface area contributed by atoms with Crippen LogP contribution in [0.2, 0.25) is 0 Å². The number of nitrogens with zero attached hydrogens (tertiary/aromatic N) is 1. The first-order valence-corrected chi connectivity index (χ1v) is 5.60. The molecule has 1 N–H and O–H groups in total. The van der Waals surface area contributed by atoms with Gasteiger partial charge >= 0.3 is 0 Å². The van der Waals surface area contributed by atoms with Crippen LogP contribution in [0, 0.1) is 0 Å². The van der Waals surface area contributed by atoms with Crippen LogP contribution < -0.4 is 0 Å². The summed E-state index contributed by atoms with van der Waals surface area (Å²) in [5.74, 6) is 0. The van der Waals surface area contributed by atoms with E-state index in [0.717, 1.165) is 13.1 Å². The number of aliphatic hydroxyl groups is 1. The minimum absolute atomic E-state index is 0.284. The molecule has 0 heterocycles. The molecule has 0 saturated carbocycles. The van der Waals surface area contributed by atoms with Crippen molar-refractivity contribution in [1.29, 1.82) is 0 Å². The number of rotatable bonds is 9. The number of hydrogen-bond donors (Lipinski definition) is 1. The van der Waals surface area contributed by atoms with Crippen LogP contribution in [0.15, 0.2) is 0 Å². The largest absolute Gasteiger partial charge is 0.395 e. The molecule has 0 rings (SSSR count). The fourth-order valence-corrected chi connectivity index (χ4v) is 1.44. The smallest absolute Gasteiger partial charge is 0.0558 e. The number of aliphatic hydroxyl groups excluding tert-OH is 1. The van der Waals surface area contributed by atoms with E-state index in [1.54, 1.807) is 0 Å². The Morgan fingerprint density at radius 1 is 0.923 bits per heavy atom. The highest BCUT2D eigenvalue weighted by Crippen LogP contribution is 2.05. The van der Waals surface area contributed by atoms with Crippen LogP contribution in [0.5, 0.6) is 0 Å². The summed E-state index contributed by atoms with van der Waals surface area (Å²) in [5, 5.41) is 8.67. The van der Waals surface area contributed by atoms with Crippen LogP contribution in [0.4, 0.5) is 0 Å². The Bertz CT molecular complexity index is 96.1. The van der Waals surface area contributed by atoms with Gasteiger partial charge in [0.25, 0.3) is 0 Å². The molecule has 0 aliphatic carbocycles. The summed E-state index contributed by atoms with van der Waals surface area (Å²) < 4.78 is 0. The third-order valence-electron chi connectivity index (χ3n) is 2.38. The van der Waals surface area contributed by atoms with E-state index >= 15 is 0 Å². The Morgan fingerprint density at radius 2 is 1.54 bits per heavy atom. The molecule has 2 heteroatoms. The fourth-order valence-electron chi connectivity index (χ4n) is 1.44. The van der Waals surface area contributed by atoms with E-state index in [1.165, 1.54) is 38.5 Å². The van der Waals surface area contributed by atoms with Gasteiger partial charge in [-0.1, -0.05) is 39.0 Å². The molecular weight excluding hydrogens is 162 g/mol. The SMILES string of the molecule is CCCCCCCCN(C)CCO. The molecule has 0 aromatic carbocycles. The van der Waals surface area contributed by atoms with Gasteiger partial charge < -0.3 is 10.0 Å². The topological polar surface area (TPSA) is 23.5 Å². The maximum Gasteiger partial charge on any atom is 0.0558 e. The van der Waals surface area contributed by atoms with Crippen molar-refractivity contribution >= 4 is 0 Å². The molecule has 0 spiro atoms. The molecule has 0 bridgehead atoms. The highest BCUT2D eigenvalue weighted by atomic mass is 16.3. The van der Waals surface area contributed by atoms with E-state index in [0.29, 0.717) is 0 Å². The van der Waals surface area contributed by atoms with Gasteiger partial charge in [0.2, 0.25) is 0 Å². The van der Waals surface area contributed by atoms with Gasteiger partial charge in [0.1, 0.15) is 0 Å². The zero-order valence-electron chi connectivity index (χ0n) is 9.26. The summed E-state index contributed by atoms with van der Waals surface area (Å²) in [6, 6.07) is 0. The Labute approximate surface area is 82.9 Å². The van der Waals surface area contributed by atoms with E-state index in [4.69, 9.17) is 5.11 Å². The average Bonchev–Trinajstić information content (AvgIpc) is 2.11. The van der Waals surface area contributed by atoms with Crippen LogP contribution in [0.3, 0.4) is 0 Å². The average molecular weight is 187 g/mol. The van der Waals surface area contributed by atoms with Gasteiger partial charge in [0.15, 0.2) is 0 Å². The van der Waals surface area contributed by atoms with Gasteiger partial charge in [-0.25, -0.2) is 0 Å². The first-order chi connectivity index (χ1) is 6.31. The van der Waals surface area contributed by atoms with Gasteiger partial charge in [-0.05, 0) is 20.0 Å². The molecule has 0 atom stereocenters. The summed E-state index contributed by atoms with van der Waals surface area (Å²) >= 11 is 0. The quantitative estimate of drug-likeness (QED) is 0.560. The molecule has 0 amide bonds. The van der Waals surface area contributed by atoms with Gasteiger partial charge in [0.05, 0.1) is 6.61 Å². The molecule has 0 fully saturated rings. The highest BCUT2D eigenvalue weighted by Gasteiger charge is 1.96. The molecule has 0 aromatic heterocycles. The Hall–Kier alpha value is -0.0800. The third-order valence-corrected chi connectivity index (χ3v) is 2.38. The maximum atomic E-state index is 8.67. The lowest BCUT2D eigenvalue weighted by atomic mass is 10.1. The lowest BCUT2D eigenvalue weighted by Crippen LogP contribution is -2.23. The van der Waals surface area contributed by atoms with Crippen molar-refractivity contribution in [2.24, 2.45) is 0 Å². The van der Waals surface area contributed by atoms with Crippen LogP contribution >= 0.6 is 0 Å². The Kier molecular flexibility index (Phi) is 9.94. The molecule has 0 radical (unpaired) electrons. The molecule has 0 aliphatic heterocycles. The highest BCUT2D eigenvalue weighted by molar-refractivity contribution is 4.51. The molecular formula is C11H25NO. The summed E-state index contributed by atoms with van der Waals surface area (Å²) in [6.07, 6.45) is 8.09. The van der Waals surface area contributed by atoms with E-state index in [9.17, 15) is 0 Å². The van der Waals surface area contributed by atoms with Crippen LogP contribution in [-0.2, 0) is 0 Å². The summed E-state index contributed by atoms with van der Waals surface area (Å²) in [5.41, 5.74) is 0. The standard InChI is InChI=1S/C11H25NO/c1-3-4-5-6-7-8-9-12(2)10-11-13/h13H,3-11H2,1-2H3. The summed E-state index contributed by atoms with van der Waals surface area (Å²) in [6.45, 7) is 4.48. The molecule has 13 heavy (non-hydrogen) atoms. The lowest BCUT2D eigenvalue weighted by Gasteiger charge is -2.14. The second kappa shape index (κ2) is 10.0. The maximum absolute atomic E-state index is 8.67. The van der Waals surface area contributed by atoms with Gasteiger partial charge in [-0.15, -0.1) is 0 Å². The molecule has 0 saturated heterocycles. The van der Waals surface area contributed by atoms with Crippen molar-refractivity contribution in [3.8, 4) is 0 Å².